The molecule has 1 amide bonds. The van der Waals surface area contributed by atoms with Crippen LogP contribution in [0.3, 0.4) is 0 Å². The molecule has 0 spiro atoms. The zero-order valence-corrected chi connectivity index (χ0v) is 12.1. The number of benzene rings is 2. The van der Waals surface area contributed by atoms with Crippen LogP contribution in [0.1, 0.15) is 5.56 Å². The Kier molecular flexibility index (Phi) is 3.03. The number of para-hydroxylation sites is 2. The number of amides is 1. The molecule has 3 nitrogen and oxygen atoms in total. The Morgan fingerprint density at radius 3 is 2.79 bits per heavy atom. The van der Waals surface area contributed by atoms with Crippen molar-refractivity contribution in [3.8, 4) is 0 Å². The van der Waals surface area contributed by atoms with Gasteiger partial charge in [0.15, 0.2) is 0 Å². The molecule has 0 unspecified atom stereocenters. The highest BCUT2D eigenvalue weighted by molar-refractivity contribution is 9.10. The minimum Gasteiger partial charge on any atom is -0.330 e. The molecule has 1 aliphatic heterocycles. The summed E-state index contributed by atoms with van der Waals surface area (Å²) in [6.45, 7) is 2.39. The zero-order valence-electron chi connectivity index (χ0n) is 10.5. The van der Waals surface area contributed by atoms with Crippen LogP contribution in [0.25, 0.3) is 0 Å². The molecule has 0 saturated carbocycles. The van der Waals surface area contributed by atoms with E-state index in [-0.39, 0.29) is 5.91 Å². The van der Waals surface area contributed by atoms with Gasteiger partial charge in [-0.1, -0.05) is 34.1 Å². The summed E-state index contributed by atoms with van der Waals surface area (Å²) in [6, 6.07) is 14.0. The lowest BCUT2D eigenvalue weighted by Gasteiger charge is -2.31. The van der Waals surface area contributed by atoms with Crippen molar-refractivity contribution in [3.05, 3.63) is 52.5 Å². The van der Waals surface area contributed by atoms with Crippen molar-refractivity contribution in [2.45, 2.75) is 6.92 Å². The van der Waals surface area contributed by atoms with E-state index in [4.69, 9.17) is 0 Å². The van der Waals surface area contributed by atoms with E-state index in [9.17, 15) is 4.79 Å². The average Bonchev–Trinajstić information content (AvgIpc) is 2.41. The number of nitrogens with zero attached hydrogens (tertiary/aromatic N) is 1. The minimum atomic E-state index is 0.00963. The van der Waals surface area contributed by atoms with Crippen LogP contribution >= 0.6 is 15.9 Å². The Hall–Kier alpha value is -1.81. The third kappa shape index (κ3) is 2.24. The summed E-state index contributed by atoms with van der Waals surface area (Å²) in [7, 11) is 0. The number of halogens is 1. The lowest BCUT2D eigenvalue weighted by atomic mass is 10.1. The van der Waals surface area contributed by atoms with E-state index in [2.05, 4.69) is 27.3 Å². The van der Waals surface area contributed by atoms with Gasteiger partial charge in [-0.15, -0.1) is 0 Å². The Bertz CT molecular complexity index is 654. The van der Waals surface area contributed by atoms with Gasteiger partial charge in [0.2, 0.25) is 5.91 Å². The van der Waals surface area contributed by atoms with Crippen LogP contribution in [-0.4, -0.2) is 12.5 Å². The molecular formula is C15H13BrN2O. The minimum absolute atomic E-state index is 0.00963. The Morgan fingerprint density at radius 2 is 2.00 bits per heavy atom. The number of anilines is 3. The van der Waals surface area contributed by atoms with E-state index in [1.807, 2.05) is 48.2 Å². The van der Waals surface area contributed by atoms with Gasteiger partial charge in [0.25, 0.3) is 0 Å². The summed E-state index contributed by atoms with van der Waals surface area (Å²) in [6.07, 6.45) is 0. The molecule has 0 saturated heterocycles. The topological polar surface area (TPSA) is 32.3 Å². The van der Waals surface area contributed by atoms with Crippen LogP contribution in [-0.2, 0) is 4.79 Å². The third-order valence-electron chi connectivity index (χ3n) is 3.24. The van der Waals surface area contributed by atoms with Gasteiger partial charge in [-0.25, -0.2) is 0 Å². The molecule has 0 aromatic heterocycles. The number of rotatable bonds is 1. The second-order valence-electron chi connectivity index (χ2n) is 4.58. The lowest BCUT2D eigenvalue weighted by molar-refractivity contribution is -0.115. The van der Waals surface area contributed by atoms with Crippen molar-refractivity contribution in [3.63, 3.8) is 0 Å². The van der Waals surface area contributed by atoms with Gasteiger partial charge in [-0.05, 0) is 36.8 Å². The van der Waals surface area contributed by atoms with Crippen molar-refractivity contribution in [2.24, 2.45) is 0 Å². The highest BCUT2D eigenvalue weighted by Crippen LogP contribution is 2.36. The molecular weight excluding hydrogens is 304 g/mol. The summed E-state index contributed by atoms with van der Waals surface area (Å²) in [5.41, 5.74) is 4.08. The maximum atomic E-state index is 11.8. The first-order chi connectivity index (χ1) is 9.15. The molecule has 3 rings (SSSR count). The Morgan fingerprint density at radius 1 is 1.21 bits per heavy atom. The van der Waals surface area contributed by atoms with Crippen LogP contribution in [0.15, 0.2) is 46.9 Å². The van der Waals surface area contributed by atoms with Gasteiger partial charge < -0.3 is 10.2 Å². The Labute approximate surface area is 120 Å². The molecule has 1 heterocycles. The monoisotopic (exact) mass is 316 g/mol. The molecule has 0 atom stereocenters. The summed E-state index contributed by atoms with van der Waals surface area (Å²) in [5.74, 6) is 0.00963. The summed E-state index contributed by atoms with van der Waals surface area (Å²) >= 11 is 3.54. The molecule has 0 bridgehead atoms. The molecule has 2 aromatic carbocycles. The van der Waals surface area contributed by atoms with E-state index < -0.39 is 0 Å². The lowest BCUT2D eigenvalue weighted by Crippen LogP contribution is -2.34. The maximum absolute atomic E-state index is 11.8. The van der Waals surface area contributed by atoms with Crippen LogP contribution in [0.5, 0.6) is 0 Å². The molecule has 96 valence electrons. The molecule has 0 aliphatic carbocycles. The zero-order chi connectivity index (χ0) is 13.4. The predicted molar refractivity (Wildman–Crippen MR) is 81.0 cm³/mol. The summed E-state index contributed by atoms with van der Waals surface area (Å²) in [4.78, 5) is 13.8. The number of carbonyl (C=O) groups is 1. The van der Waals surface area contributed by atoms with Crippen LogP contribution in [0.2, 0.25) is 0 Å². The fourth-order valence-corrected chi connectivity index (χ4v) is 2.58. The molecule has 4 heteroatoms. The number of aryl methyl sites for hydroxylation is 1. The fraction of sp³-hybridized carbons (Fsp3) is 0.133. The average molecular weight is 317 g/mol. The number of hydrogen-bond acceptors (Lipinski definition) is 2. The Balaban J connectivity index is 2.09. The van der Waals surface area contributed by atoms with E-state index >= 15 is 0 Å². The number of nitrogens with one attached hydrogen (secondary N) is 1. The van der Waals surface area contributed by atoms with Crippen LogP contribution < -0.4 is 10.2 Å². The van der Waals surface area contributed by atoms with Crippen molar-refractivity contribution >= 4 is 38.9 Å². The first-order valence-electron chi connectivity index (χ1n) is 6.08. The number of hydrogen-bond donors (Lipinski definition) is 1. The summed E-state index contributed by atoms with van der Waals surface area (Å²) < 4.78 is 1.05. The normalized spacial score (nSPS) is 14.0. The van der Waals surface area contributed by atoms with Crippen LogP contribution in [0, 0.1) is 6.92 Å². The van der Waals surface area contributed by atoms with Crippen molar-refractivity contribution in [2.75, 3.05) is 16.8 Å². The van der Waals surface area contributed by atoms with Crippen molar-refractivity contribution < 1.29 is 4.79 Å². The van der Waals surface area contributed by atoms with E-state index in [1.54, 1.807) is 0 Å². The molecule has 1 N–H and O–H groups in total. The van der Waals surface area contributed by atoms with Crippen molar-refractivity contribution in [1.29, 1.82) is 0 Å². The van der Waals surface area contributed by atoms with E-state index in [1.165, 1.54) is 5.56 Å². The first-order valence-corrected chi connectivity index (χ1v) is 6.87. The number of fused-ring (bicyclic) bond motifs is 1. The van der Waals surface area contributed by atoms with E-state index in [0.717, 1.165) is 21.5 Å². The maximum Gasteiger partial charge on any atom is 0.244 e. The van der Waals surface area contributed by atoms with Gasteiger partial charge in [0.1, 0.15) is 6.54 Å². The highest BCUT2D eigenvalue weighted by Gasteiger charge is 2.22. The molecule has 0 fully saturated rings. The SMILES string of the molecule is Cc1ccc(N2CC(=O)Nc3ccccc32)cc1Br. The van der Waals surface area contributed by atoms with Gasteiger partial charge in [0.05, 0.1) is 11.4 Å². The molecule has 0 radical (unpaired) electrons. The second-order valence-corrected chi connectivity index (χ2v) is 5.44. The van der Waals surface area contributed by atoms with Gasteiger partial charge in [-0.3, -0.25) is 4.79 Å². The van der Waals surface area contributed by atoms with Gasteiger partial charge >= 0.3 is 0 Å². The smallest absolute Gasteiger partial charge is 0.244 e. The standard InChI is InChI=1S/C15H13BrN2O/c1-10-6-7-11(8-12(10)16)18-9-15(19)17-13-4-2-3-5-14(13)18/h2-8H,9H2,1H3,(H,17,19). The predicted octanol–water partition coefficient (Wildman–Crippen LogP) is 3.85. The highest BCUT2D eigenvalue weighted by atomic mass is 79.9. The third-order valence-corrected chi connectivity index (χ3v) is 4.09. The molecule has 1 aliphatic rings. The quantitative estimate of drug-likeness (QED) is 0.866. The van der Waals surface area contributed by atoms with E-state index in [0.29, 0.717) is 6.54 Å². The molecule has 19 heavy (non-hydrogen) atoms. The van der Waals surface area contributed by atoms with Crippen LogP contribution in [0.4, 0.5) is 17.1 Å². The van der Waals surface area contributed by atoms with Gasteiger partial charge in [-0.2, -0.15) is 0 Å². The van der Waals surface area contributed by atoms with Gasteiger partial charge in [0, 0.05) is 10.2 Å². The first kappa shape index (κ1) is 12.2. The summed E-state index contributed by atoms with van der Waals surface area (Å²) in [5, 5.41) is 2.89. The fourth-order valence-electron chi connectivity index (χ4n) is 2.21. The number of carbonyl (C=O) groups excluding carboxylic acids is 1. The van der Waals surface area contributed by atoms with Crippen molar-refractivity contribution in [1.82, 2.24) is 0 Å². The molecule has 2 aromatic rings. The largest absolute Gasteiger partial charge is 0.330 e. The second kappa shape index (κ2) is 4.70.